The van der Waals surface area contributed by atoms with Crippen LogP contribution in [0.3, 0.4) is 0 Å². The molecular formula is C24H25NO5. The zero-order valence-corrected chi connectivity index (χ0v) is 17.3. The molecule has 6 heteroatoms. The zero-order valence-electron chi connectivity index (χ0n) is 17.3. The highest BCUT2D eigenvalue weighted by molar-refractivity contribution is 5.82. The molecule has 0 radical (unpaired) electrons. The van der Waals surface area contributed by atoms with Gasteiger partial charge in [-0.15, -0.1) is 5.92 Å². The molecule has 0 bridgehead atoms. The lowest BCUT2D eigenvalue weighted by molar-refractivity contribution is -0.142. The molecule has 2 aromatic rings. The van der Waals surface area contributed by atoms with Gasteiger partial charge in [0.05, 0.1) is 12.0 Å². The van der Waals surface area contributed by atoms with Crippen LogP contribution in [0.2, 0.25) is 0 Å². The third-order valence-electron chi connectivity index (χ3n) is 5.34. The molecule has 0 aromatic heterocycles. The Morgan fingerprint density at radius 1 is 1.13 bits per heavy atom. The van der Waals surface area contributed by atoms with Gasteiger partial charge in [-0.25, -0.2) is 9.59 Å². The van der Waals surface area contributed by atoms with Crippen LogP contribution in [-0.4, -0.2) is 43.5 Å². The number of amides is 1. The summed E-state index contributed by atoms with van der Waals surface area (Å²) in [6.07, 6.45) is -0.801. The Morgan fingerprint density at radius 2 is 1.70 bits per heavy atom. The van der Waals surface area contributed by atoms with E-state index in [2.05, 4.69) is 17.2 Å². The normalized spacial score (nSPS) is 15.0. The van der Waals surface area contributed by atoms with Crippen molar-refractivity contribution in [1.29, 1.82) is 0 Å². The predicted molar refractivity (Wildman–Crippen MR) is 113 cm³/mol. The van der Waals surface area contributed by atoms with Gasteiger partial charge < -0.3 is 19.9 Å². The lowest BCUT2D eigenvalue weighted by atomic mass is 9.83. The quantitative estimate of drug-likeness (QED) is 0.685. The largest absolute Gasteiger partial charge is 0.480 e. The molecule has 30 heavy (non-hydrogen) atoms. The van der Waals surface area contributed by atoms with Crippen molar-refractivity contribution in [2.75, 3.05) is 20.3 Å². The fourth-order valence-corrected chi connectivity index (χ4v) is 4.03. The minimum absolute atomic E-state index is 0.0501. The molecule has 0 aliphatic heterocycles. The maximum absolute atomic E-state index is 12.5. The van der Waals surface area contributed by atoms with E-state index >= 15 is 0 Å². The second-order valence-corrected chi connectivity index (χ2v) is 7.47. The number of methoxy groups -OCH3 is 1. The Balaban J connectivity index is 1.75. The van der Waals surface area contributed by atoms with Gasteiger partial charge in [-0.2, -0.15) is 0 Å². The Bertz CT molecular complexity index is 960. The van der Waals surface area contributed by atoms with Crippen molar-refractivity contribution >= 4 is 12.1 Å². The molecule has 1 aliphatic rings. The van der Waals surface area contributed by atoms with Crippen LogP contribution in [0.5, 0.6) is 0 Å². The highest BCUT2D eigenvalue weighted by Crippen LogP contribution is 2.44. The zero-order chi connectivity index (χ0) is 21.7. The maximum Gasteiger partial charge on any atom is 0.407 e. The first-order chi connectivity index (χ1) is 14.4. The lowest BCUT2D eigenvalue weighted by Gasteiger charge is -2.30. The van der Waals surface area contributed by atoms with E-state index in [-0.39, 0.29) is 19.1 Å². The topological polar surface area (TPSA) is 84.9 Å². The fraction of sp³-hybridized carbons (Fsp3) is 0.333. The van der Waals surface area contributed by atoms with Gasteiger partial charge in [-0.05, 0) is 36.1 Å². The molecule has 0 saturated heterocycles. The molecule has 0 heterocycles. The van der Waals surface area contributed by atoms with E-state index in [1.54, 1.807) is 13.8 Å². The van der Waals surface area contributed by atoms with Crippen LogP contribution in [0.1, 0.15) is 30.9 Å². The first-order valence-electron chi connectivity index (χ1n) is 9.68. The summed E-state index contributed by atoms with van der Waals surface area (Å²) < 4.78 is 10.6. The van der Waals surface area contributed by atoms with Crippen LogP contribution in [0, 0.1) is 17.3 Å². The fourth-order valence-electron chi connectivity index (χ4n) is 4.03. The summed E-state index contributed by atoms with van der Waals surface area (Å²) in [7, 11) is 1.46. The molecule has 3 rings (SSSR count). The molecular weight excluding hydrogens is 382 g/mol. The van der Waals surface area contributed by atoms with E-state index in [0.717, 1.165) is 22.3 Å². The van der Waals surface area contributed by atoms with Crippen molar-refractivity contribution in [2.45, 2.75) is 25.8 Å². The number of carbonyl (C=O) groups is 2. The number of nitrogens with one attached hydrogen (secondary N) is 1. The predicted octanol–water partition coefficient (Wildman–Crippen LogP) is 3.65. The molecule has 0 spiro atoms. The van der Waals surface area contributed by atoms with Gasteiger partial charge in [0.1, 0.15) is 12.6 Å². The Hall–Kier alpha value is -3.30. The summed E-state index contributed by atoms with van der Waals surface area (Å²) in [5.74, 6) is 4.25. The van der Waals surface area contributed by atoms with E-state index < -0.39 is 23.5 Å². The molecule has 1 amide bonds. The summed E-state index contributed by atoms with van der Waals surface area (Å²) in [6, 6.07) is 14.7. The molecule has 0 fully saturated rings. The van der Waals surface area contributed by atoms with E-state index in [1.165, 1.54) is 7.11 Å². The van der Waals surface area contributed by atoms with Crippen molar-refractivity contribution in [3.63, 3.8) is 0 Å². The number of hydrogen-bond donors (Lipinski definition) is 2. The summed E-state index contributed by atoms with van der Waals surface area (Å²) in [4.78, 5) is 24.3. The van der Waals surface area contributed by atoms with Crippen LogP contribution < -0.4 is 5.32 Å². The van der Waals surface area contributed by atoms with Crippen LogP contribution >= 0.6 is 0 Å². The van der Waals surface area contributed by atoms with Gasteiger partial charge in [0, 0.05) is 13.0 Å². The second-order valence-electron chi connectivity index (χ2n) is 7.47. The van der Waals surface area contributed by atoms with E-state index in [9.17, 15) is 14.7 Å². The number of fused-ring (bicyclic) bond motifs is 3. The van der Waals surface area contributed by atoms with E-state index in [4.69, 9.17) is 9.47 Å². The minimum Gasteiger partial charge on any atom is -0.480 e. The van der Waals surface area contributed by atoms with Gasteiger partial charge in [0.25, 0.3) is 0 Å². The number of carboxylic acids is 1. The van der Waals surface area contributed by atoms with Gasteiger partial charge in [-0.3, -0.25) is 0 Å². The molecule has 1 aliphatic carbocycles. The summed E-state index contributed by atoms with van der Waals surface area (Å²) in [6.45, 7) is 3.40. The van der Waals surface area contributed by atoms with Gasteiger partial charge >= 0.3 is 12.1 Å². The third kappa shape index (κ3) is 4.17. The average Bonchev–Trinajstić information content (AvgIpc) is 3.04. The van der Waals surface area contributed by atoms with Gasteiger partial charge in [-0.1, -0.05) is 54.5 Å². The average molecular weight is 407 g/mol. The maximum atomic E-state index is 12.5. The Labute approximate surface area is 176 Å². The third-order valence-corrected chi connectivity index (χ3v) is 5.34. The highest BCUT2D eigenvalue weighted by atomic mass is 16.5. The SMILES string of the molecule is CC#C[C@@](C)(COC)[C@@H](NC(=O)OCC1c2ccccc2-c2ccccc21)C(=O)O. The van der Waals surface area contributed by atoms with E-state index in [1.807, 2.05) is 48.5 Å². The minimum atomic E-state index is -1.28. The van der Waals surface area contributed by atoms with Crippen molar-refractivity contribution < 1.29 is 24.2 Å². The van der Waals surface area contributed by atoms with Gasteiger partial charge in [0.15, 0.2) is 0 Å². The lowest BCUT2D eigenvalue weighted by Crippen LogP contribution is -2.53. The van der Waals surface area contributed by atoms with Crippen molar-refractivity contribution in [1.82, 2.24) is 5.32 Å². The van der Waals surface area contributed by atoms with E-state index in [0.29, 0.717) is 0 Å². The number of benzene rings is 2. The summed E-state index contributed by atoms with van der Waals surface area (Å²) in [5, 5.41) is 12.1. The molecule has 0 unspecified atom stereocenters. The van der Waals surface area contributed by atoms with Crippen molar-refractivity contribution in [2.24, 2.45) is 5.41 Å². The van der Waals surface area contributed by atoms with Crippen LogP contribution in [0.15, 0.2) is 48.5 Å². The van der Waals surface area contributed by atoms with Crippen LogP contribution in [0.25, 0.3) is 11.1 Å². The number of alkyl carbamates (subject to hydrolysis) is 1. The van der Waals surface area contributed by atoms with Gasteiger partial charge in [0.2, 0.25) is 0 Å². The molecule has 2 atom stereocenters. The molecule has 0 saturated carbocycles. The van der Waals surface area contributed by atoms with Crippen LogP contribution in [-0.2, 0) is 14.3 Å². The first kappa shape index (κ1) is 21.4. The number of ether oxygens (including phenoxy) is 2. The standard InChI is InChI=1S/C24H25NO5/c1-4-13-24(2,15-29-3)21(22(26)27)25-23(28)30-14-20-18-11-7-5-9-16(18)17-10-6-8-12-19(17)20/h5-12,20-21H,14-15H2,1-3H3,(H,25,28)(H,26,27)/t21-,24-/m0/s1. The highest BCUT2D eigenvalue weighted by Gasteiger charge is 2.40. The van der Waals surface area contributed by atoms with Crippen LogP contribution in [0.4, 0.5) is 4.79 Å². The molecule has 156 valence electrons. The summed E-state index contributed by atoms with van der Waals surface area (Å²) >= 11 is 0. The summed E-state index contributed by atoms with van der Waals surface area (Å²) in [5.41, 5.74) is 3.32. The number of hydrogen-bond acceptors (Lipinski definition) is 4. The molecule has 2 N–H and O–H groups in total. The van der Waals surface area contributed by atoms with Crippen molar-refractivity contribution in [3.05, 3.63) is 59.7 Å². The number of aliphatic carboxylic acids is 1. The Kier molecular flexibility index (Phi) is 6.43. The first-order valence-corrected chi connectivity index (χ1v) is 9.68. The Morgan fingerprint density at radius 3 is 2.20 bits per heavy atom. The van der Waals surface area contributed by atoms with Crippen molar-refractivity contribution in [3.8, 4) is 23.0 Å². The second kappa shape index (κ2) is 9.02. The molecule has 6 nitrogen and oxygen atoms in total. The number of carboxylic acid groups (broad SMARTS) is 1. The number of carbonyl (C=O) groups excluding carboxylic acids is 1. The monoisotopic (exact) mass is 407 g/mol. The molecule has 2 aromatic carbocycles. The number of rotatable bonds is 7. The smallest absolute Gasteiger partial charge is 0.407 e.